The molecule has 0 unspecified atom stereocenters. The van der Waals surface area contributed by atoms with Crippen molar-refractivity contribution in [1.82, 2.24) is 9.55 Å². The number of aryl methyl sites for hydroxylation is 1. The van der Waals surface area contributed by atoms with E-state index < -0.39 is 10.5 Å². The Hall–Kier alpha value is -1.63. The highest BCUT2D eigenvalue weighted by Gasteiger charge is 2.37. The molecule has 0 bridgehead atoms. The van der Waals surface area contributed by atoms with Gasteiger partial charge in [-0.05, 0) is 41.5 Å². The Labute approximate surface area is 118 Å². The normalized spacial score (nSPS) is 26.5. The quantitative estimate of drug-likeness (QED) is 0.650. The fraction of sp³-hybridized carbons (Fsp3) is 0.769. The number of aliphatic hydroxyl groups excluding tert-OH is 1. The molecule has 1 aromatic rings. The lowest BCUT2D eigenvalue weighted by atomic mass is 9.77. The summed E-state index contributed by atoms with van der Waals surface area (Å²) in [6.07, 6.45) is 3.65. The van der Waals surface area contributed by atoms with E-state index in [4.69, 9.17) is 0 Å². The maximum atomic E-state index is 11.1. The molecular weight excluding hydrogens is 260 g/mol. The molecule has 1 heterocycles. The molecule has 1 aliphatic rings. The molecule has 7 heteroatoms. The first-order valence-electron chi connectivity index (χ1n) is 6.95. The minimum atomic E-state index is -0.480. The molecule has 0 aromatic carbocycles. The summed E-state index contributed by atoms with van der Waals surface area (Å²) in [6.45, 7) is 3.89. The first kappa shape index (κ1) is 14.8. The minimum absolute atomic E-state index is 0.0267. The second kappa shape index (κ2) is 5.40. The molecule has 0 radical (unpaired) electrons. The maximum absolute atomic E-state index is 11.1. The predicted octanol–water partition coefficient (Wildman–Crippen LogP) is 1.99. The highest BCUT2D eigenvalue weighted by molar-refractivity contribution is 5.55. The number of anilines is 1. The topological polar surface area (TPSA) is 93.2 Å². The van der Waals surface area contributed by atoms with Crippen molar-refractivity contribution in [3.05, 3.63) is 15.9 Å². The van der Waals surface area contributed by atoms with Gasteiger partial charge in [-0.3, -0.25) is 4.57 Å². The first-order valence-corrected chi connectivity index (χ1v) is 6.95. The van der Waals surface area contributed by atoms with Crippen molar-refractivity contribution >= 4 is 11.6 Å². The summed E-state index contributed by atoms with van der Waals surface area (Å²) in [5, 5.41) is 24.1. The average molecular weight is 282 g/mol. The van der Waals surface area contributed by atoms with Gasteiger partial charge in [0.15, 0.2) is 0 Å². The number of hydrogen-bond acceptors (Lipinski definition) is 5. The van der Waals surface area contributed by atoms with Crippen LogP contribution < -0.4 is 5.32 Å². The number of nitrogens with one attached hydrogen (secondary N) is 1. The van der Waals surface area contributed by atoms with Crippen LogP contribution in [-0.4, -0.2) is 31.7 Å². The largest absolute Gasteiger partial charge is 0.406 e. The first-order chi connectivity index (χ1) is 9.38. The molecule has 1 aliphatic carbocycles. The number of aromatic nitrogens is 2. The Bertz CT molecular complexity index is 504. The van der Waals surface area contributed by atoms with Gasteiger partial charge in [-0.1, -0.05) is 6.92 Å². The van der Waals surface area contributed by atoms with Crippen LogP contribution in [0.25, 0.3) is 0 Å². The molecule has 0 atom stereocenters. The summed E-state index contributed by atoms with van der Waals surface area (Å²) >= 11 is 0. The smallest absolute Gasteiger partial charge is 0.394 e. The summed E-state index contributed by atoms with van der Waals surface area (Å²) < 4.78 is 1.67. The molecule has 20 heavy (non-hydrogen) atoms. The lowest BCUT2D eigenvalue weighted by Gasteiger charge is -2.39. The number of nitrogens with zero attached hydrogens (tertiary/aromatic N) is 3. The van der Waals surface area contributed by atoms with E-state index in [9.17, 15) is 15.2 Å². The monoisotopic (exact) mass is 282 g/mol. The van der Waals surface area contributed by atoms with Crippen LogP contribution in [0.15, 0.2) is 0 Å². The molecule has 2 rings (SSSR count). The van der Waals surface area contributed by atoms with Gasteiger partial charge in [0.25, 0.3) is 0 Å². The van der Waals surface area contributed by atoms with E-state index in [1.165, 1.54) is 0 Å². The Morgan fingerprint density at radius 1 is 1.55 bits per heavy atom. The summed E-state index contributed by atoms with van der Waals surface area (Å²) in [6, 6.07) is 0. The minimum Gasteiger partial charge on any atom is -0.394 e. The zero-order valence-electron chi connectivity index (χ0n) is 12.2. The van der Waals surface area contributed by atoms with Gasteiger partial charge in [0.2, 0.25) is 11.6 Å². The van der Waals surface area contributed by atoms with Crippen LogP contribution in [0.4, 0.5) is 11.6 Å². The van der Waals surface area contributed by atoms with Crippen molar-refractivity contribution in [3.63, 3.8) is 0 Å². The fourth-order valence-electron chi connectivity index (χ4n) is 2.75. The van der Waals surface area contributed by atoms with Gasteiger partial charge in [0, 0.05) is 14.0 Å². The van der Waals surface area contributed by atoms with E-state index in [1.807, 2.05) is 0 Å². The molecule has 2 N–H and O–H groups in total. The molecular formula is C13H22N4O3. The highest BCUT2D eigenvalue weighted by atomic mass is 16.6. The van der Waals surface area contributed by atoms with E-state index in [-0.39, 0.29) is 12.4 Å². The van der Waals surface area contributed by atoms with Crippen LogP contribution in [0.5, 0.6) is 0 Å². The molecule has 1 saturated carbocycles. The SMILES string of the molecule is Cc1nc([N+](=O)[O-])c(NC2(CO)CCC(C)CC2)n1C. The third-order valence-electron chi connectivity index (χ3n) is 4.39. The molecule has 1 fully saturated rings. The number of rotatable bonds is 4. The third-order valence-corrected chi connectivity index (χ3v) is 4.39. The number of imidazole rings is 1. The van der Waals surface area contributed by atoms with Crippen molar-refractivity contribution in [2.24, 2.45) is 13.0 Å². The van der Waals surface area contributed by atoms with E-state index in [0.29, 0.717) is 17.6 Å². The second-order valence-corrected chi connectivity index (χ2v) is 5.89. The van der Waals surface area contributed by atoms with Gasteiger partial charge >= 0.3 is 5.82 Å². The van der Waals surface area contributed by atoms with E-state index in [2.05, 4.69) is 17.2 Å². The highest BCUT2D eigenvalue weighted by Crippen LogP contribution is 2.36. The average Bonchev–Trinajstić information content (AvgIpc) is 2.70. The van der Waals surface area contributed by atoms with Crippen LogP contribution in [0.2, 0.25) is 0 Å². The van der Waals surface area contributed by atoms with Gasteiger partial charge in [-0.15, -0.1) is 0 Å². The summed E-state index contributed by atoms with van der Waals surface area (Å²) in [7, 11) is 1.74. The van der Waals surface area contributed by atoms with Crippen molar-refractivity contribution in [3.8, 4) is 0 Å². The lowest BCUT2D eigenvalue weighted by Crippen LogP contribution is -2.45. The summed E-state index contributed by atoms with van der Waals surface area (Å²) in [5.41, 5.74) is -0.475. The van der Waals surface area contributed by atoms with Crippen LogP contribution in [0, 0.1) is 23.0 Å². The Morgan fingerprint density at radius 2 is 2.15 bits per heavy atom. The Balaban J connectivity index is 2.30. The molecule has 0 saturated heterocycles. The number of aliphatic hydroxyl groups is 1. The standard InChI is InChI=1S/C13H22N4O3/c1-9-4-6-13(8-18,7-5-9)15-12-11(17(19)20)14-10(2)16(12)3/h9,15,18H,4-8H2,1-3H3. The number of hydrogen-bond donors (Lipinski definition) is 2. The zero-order valence-corrected chi connectivity index (χ0v) is 12.2. The van der Waals surface area contributed by atoms with Gasteiger partial charge in [0.05, 0.1) is 12.1 Å². The van der Waals surface area contributed by atoms with Crippen molar-refractivity contribution in [2.45, 2.75) is 45.1 Å². The molecule has 0 aliphatic heterocycles. The van der Waals surface area contributed by atoms with Crippen LogP contribution >= 0.6 is 0 Å². The van der Waals surface area contributed by atoms with Crippen molar-refractivity contribution in [2.75, 3.05) is 11.9 Å². The molecule has 7 nitrogen and oxygen atoms in total. The summed E-state index contributed by atoms with van der Waals surface area (Å²) in [5.74, 6) is 1.43. The molecule has 0 amide bonds. The predicted molar refractivity (Wildman–Crippen MR) is 75.7 cm³/mol. The van der Waals surface area contributed by atoms with Crippen LogP contribution in [0.3, 0.4) is 0 Å². The van der Waals surface area contributed by atoms with E-state index in [0.717, 1.165) is 25.7 Å². The van der Waals surface area contributed by atoms with Gasteiger partial charge in [-0.2, -0.15) is 0 Å². The summed E-state index contributed by atoms with van der Waals surface area (Å²) in [4.78, 5) is 14.6. The van der Waals surface area contributed by atoms with Gasteiger partial charge < -0.3 is 20.5 Å². The fourth-order valence-corrected chi connectivity index (χ4v) is 2.75. The lowest BCUT2D eigenvalue weighted by molar-refractivity contribution is -0.388. The zero-order chi connectivity index (χ0) is 14.9. The van der Waals surface area contributed by atoms with Crippen LogP contribution in [0.1, 0.15) is 38.4 Å². The van der Waals surface area contributed by atoms with Gasteiger partial charge in [0.1, 0.15) is 0 Å². The van der Waals surface area contributed by atoms with Gasteiger partial charge in [-0.25, -0.2) is 0 Å². The Kier molecular flexibility index (Phi) is 3.99. The third kappa shape index (κ3) is 2.63. The molecule has 1 aromatic heterocycles. The van der Waals surface area contributed by atoms with Crippen LogP contribution in [-0.2, 0) is 7.05 Å². The number of nitro groups is 1. The van der Waals surface area contributed by atoms with Crippen molar-refractivity contribution in [1.29, 1.82) is 0 Å². The van der Waals surface area contributed by atoms with E-state index >= 15 is 0 Å². The second-order valence-electron chi connectivity index (χ2n) is 5.89. The molecule has 112 valence electrons. The van der Waals surface area contributed by atoms with E-state index in [1.54, 1.807) is 18.5 Å². The molecule has 0 spiro atoms. The Morgan fingerprint density at radius 3 is 2.65 bits per heavy atom. The van der Waals surface area contributed by atoms with Crippen molar-refractivity contribution < 1.29 is 10.0 Å². The maximum Gasteiger partial charge on any atom is 0.406 e.